The summed E-state index contributed by atoms with van der Waals surface area (Å²) in [6, 6.07) is 10.9. The summed E-state index contributed by atoms with van der Waals surface area (Å²) in [5.74, 6) is 0. The van der Waals surface area contributed by atoms with Gasteiger partial charge in [-0.05, 0) is 31.7 Å². The number of nitrogens with one attached hydrogen (secondary N) is 1. The molecule has 0 aromatic heterocycles. The summed E-state index contributed by atoms with van der Waals surface area (Å²) < 4.78 is 4.83. The van der Waals surface area contributed by atoms with E-state index >= 15 is 0 Å². The van der Waals surface area contributed by atoms with E-state index < -0.39 is 0 Å². The predicted molar refractivity (Wildman–Crippen MR) is 120 cm³/mol. The molecular formula is C25H43NO2. The van der Waals surface area contributed by atoms with Gasteiger partial charge in [0.25, 0.3) is 0 Å². The number of carbonyl (C=O) groups is 1. The van der Waals surface area contributed by atoms with Crippen molar-refractivity contribution in [3.63, 3.8) is 0 Å². The Labute approximate surface area is 173 Å². The van der Waals surface area contributed by atoms with Crippen LogP contribution in [0.1, 0.15) is 102 Å². The maximum Gasteiger partial charge on any atom is 0.407 e. The maximum absolute atomic E-state index is 11.1. The summed E-state index contributed by atoms with van der Waals surface area (Å²) in [4.78, 5) is 11.1. The third-order valence-corrected chi connectivity index (χ3v) is 5.28. The molecule has 28 heavy (non-hydrogen) atoms. The molecule has 1 aromatic rings. The van der Waals surface area contributed by atoms with Crippen LogP contribution in [0.25, 0.3) is 0 Å². The lowest BCUT2D eigenvalue weighted by atomic mass is 10.0. The lowest BCUT2D eigenvalue weighted by molar-refractivity contribution is 0.152. The molecule has 0 atom stereocenters. The second-order valence-electron chi connectivity index (χ2n) is 7.83. The van der Waals surface area contributed by atoms with Gasteiger partial charge in [0.1, 0.15) is 0 Å². The molecule has 0 aliphatic heterocycles. The van der Waals surface area contributed by atoms with E-state index in [4.69, 9.17) is 4.74 Å². The highest BCUT2D eigenvalue weighted by molar-refractivity contribution is 5.66. The van der Waals surface area contributed by atoms with E-state index in [1.54, 1.807) is 0 Å². The number of hydrogen-bond donors (Lipinski definition) is 1. The second kappa shape index (κ2) is 18.8. The molecule has 1 rings (SSSR count). The standard InChI is InChI=1S/C25H43NO2/c1-2-28-25(27)26-23-19-14-12-10-8-6-4-3-5-7-9-11-13-16-20-24-21-17-15-18-22-24/h15,17-18,21-22H,2-14,16,19-20,23H2,1H3,(H,26,27). The largest absolute Gasteiger partial charge is 0.450 e. The number of rotatable bonds is 18. The molecule has 160 valence electrons. The number of alkyl carbamates (subject to hydrolysis) is 1. The van der Waals surface area contributed by atoms with Gasteiger partial charge in [-0.15, -0.1) is 0 Å². The van der Waals surface area contributed by atoms with Gasteiger partial charge >= 0.3 is 6.09 Å². The molecule has 0 bridgehead atoms. The molecule has 0 aliphatic carbocycles. The highest BCUT2D eigenvalue weighted by atomic mass is 16.5. The van der Waals surface area contributed by atoms with Crippen LogP contribution in [-0.2, 0) is 11.2 Å². The Kier molecular flexibility index (Phi) is 16.5. The molecule has 0 fully saturated rings. The van der Waals surface area contributed by atoms with E-state index in [1.165, 1.54) is 95.5 Å². The van der Waals surface area contributed by atoms with E-state index in [0.717, 1.165) is 13.0 Å². The van der Waals surface area contributed by atoms with Crippen molar-refractivity contribution in [1.82, 2.24) is 5.32 Å². The molecule has 0 unspecified atom stereocenters. The maximum atomic E-state index is 11.1. The van der Waals surface area contributed by atoms with Gasteiger partial charge in [0.05, 0.1) is 6.61 Å². The third-order valence-electron chi connectivity index (χ3n) is 5.28. The molecule has 0 heterocycles. The first kappa shape index (κ1) is 24.5. The average Bonchev–Trinajstić information content (AvgIpc) is 2.71. The van der Waals surface area contributed by atoms with Gasteiger partial charge in [-0.1, -0.05) is 107 Å². The summed E-state index contributed by atoms with van der Waals surface area (Å²) in [5, 5.41) is 2.78. The van der Waals surface area contributed by atoms with Crippen molar-refractivity contribution in [3.05, 3.63) is 35.9 Å². The quantitative estimate of drug-likeness (QED) is 0.265. The lowest BCUT2D eigenvalue weighted by Crippen LogP contribution is -2.25. The monoisotopic (exact) mass is 389 g/mol. The lowest BCUT2D eigenvalue weighted by Gasteiger charge is -2.05. The van der Waals surface area contributed by atoms with Crippen molar-refractivity contribution < 1.29 is 9.53 Å². The van der Waals surface area contributed by atoms with Gasteiger partial charge in [0, 0.05) is 6.54 Å². The topological polar surface area (TPSA) is 38.3 Å². The predicted octanol–water partition coefficient (Wildman–Crippen LogP) is 7.44. The molecule has 1 aromatic carbocycles. The van der Waals surface area contributed by atoms with Crippen LogP contribution in [0.2, 0.25) is 0 Å². The first-order valence-corrected chi connectivity index (χ1v) is 11.8. The molecule has 0 spiro atoms. The van der Waals surface area contributed by atoms with E-state index in [0.29, 0.717) is 6.61 Å². The minimum Gasteiger partial charge on any atom is -0.450 e. The summed E-state index contributed by atoms with van der Waals surface area (Å²) in [6.07, 6.45) is 19.8. The number of aryl methyl sites for hydroxylation is 1. The van der Waals surface area contributed by atoms with Crippen LogP contribution in [0.3, 0.4) is 0 Å². The minimum absolute atomic E-state index is 0.283. The molecule has 0 radical (unpaired) electrons. The molecule has 1 N–H and O–H groups in total. The van der Waals surface area contributed by atoms with Gasteiger partial charge in [0.2, 0.25) is 0 Å². The van der Waals surface area contributed by atoms with Crippen molar-refractivity contribution in [2.45, 2.75) is 103 Å². The van der Waals surface area contributed by atoms with Crippen LogP contribution >= 0.6 is 0 Å². The SMILES string of the molecule is CCOC(=O)NCCCCCCCCCCCCCCCCc1ccccc1. The van der Waals surface area contributed by atoms with E-state index in [2.05, 4.69) is 35.6 Å². The Hall–Kier alpha value is -1.51. The Balaban J connectivity index is 1.70. The van der Waals surface area contributed by atoms with E-state index in [1.807, 2.05) is 6.92 Å². The highest BCUT2D eigenvalue weighted by Gasteiger charge is 1.98. The number of hydrogen-bond acceptors (Lipinski definition) is 2. The van der Waals surface area contributed by atoms with Crippen molar-refractivity contribution in [3.8, 4) is 0 Å². The summed E-state index contributed by atoms with van der Waals surface area (Å²) in [6.45, 7) is 3.01. The van der Waals surface area contributed by atoms with Crippen LogP contribution in [0.15, 0.2) is 30.3 Å². The third kappa shape index (κ3) is 15.5. The Bertz CT molecular complexity index is 461. The van der Waals surface area contributed by atoms with Crippen LogP contribution in [0, 0.1) is 0 Å². The van der Waals surface area contributed by atoms with Crippen LogP contribution < -0.4 is 5.32 Å². The van der Waals surface area contributed by atoms with Crippen molar-refractivity contribution in [2.75, 3.05) is 13.2 Å². The Morgan fingerprint density at radius 2 is 1.18 bits per heavy atom. The van der Waals surface area contributed by atoms with Gasteiger partial charge in [-0.3, -0.25) is 0 Å². The zero-order valence-corrected chi connectivity index (χ0v) is 18.2. The van der Waals surface area contributed by atoms with Gasteiger partial charge in [-0.2, -0.15) is 0 Å². The van der Waals surface area contributed by atoms with Crippen LogP contribution in [-0.4, -0.2) is 19.2 Å². The van der Waals surface area contributed by atoms with Crippen LogP contribution in [0.4, 0.5) is 4.79 Å². The molecule has 3 nitrogen and oxygen atoms in total. The number of unbranched alkanes of at least 4 members (excludes halogenated alkanes) is 13. The first-order valence-electron chi connectivity index (χ1n) is 11.8. The summed E-state index contributed by atoms with van der Waals surface area (Å²) in [5.41, 5.74) is 1.48. The molecule has 1 amide bonds. The van der Waals surface area contributed by atoms with Crippen molar-refractivity contribution >= 4 is 6.09 Å². The fraction of sp³-hybridized carbons (Fsp3) is 0.720. The minimum atomic E-state index is -0.283. The number of amides is 1. The van der Waals surface area contributed by atoms with E-state index in [9.17, 15) is 4.79 Å². The summed E-state index contributed by atoms with van der Waals surface area (Å²) >= 11 is 0. The molecule has 0 saturated heterocycles. The number of carbonyl (C=O) groups excluding carboxylic acids is 1. The molecule has 3 heteroatoms. The van der Waals surface area contributed by atoms with Gasteiger partial charge < -0.3 is 10.1 Å². The fourth-order valence-corrected chi connectivity index (χ4v) is 3.59. The summed E-state index contributed by atoms with van der Waals surface area (Å²) in [7, 11) is 0. The first-order chi connectivity index (χ1) is 13.8. The second-order valence-corrected chi connectivity index (χ2v) is 7.83. The molecule has 0 saturated carbocycles. The molecular weight excluding hydrogens is 346 g/mol. The highest BCUT2D eigenvalue weighted by Crippen LogP contribution is 2.14. The Morgan fingerprint density at radius 1 is 0.714 bits per heavy atom. The average molecular weight is 390 g/mol. The smallest absolute Gasteiger partial charge is 0.407 e. The zero-order valence-electron chi connectivity index (χ0n) is 18.2. The number of benzene rings is 1. The fourth-order valence-electron chi connectivity index (χ4n) is 3.59. The normalized spacial score (nSPS) is 10.8. The number of ether oxygens (including phenoxy) is 1. The Morgan fingerprint density at radius 3 is 1.68 bits per heavy atom. The zero-order chi connectivity index (χ0) is 20.1. The van der Waals surface area contributed by atoms with Crippen molar-refractivity contribution in [1.29, 1.82) is 0 Å². The molecule has 0 aliphatic rings. The van der Waals surface area contributed by atoms with Gasteiger partial charge in [-0.25, -0.2) is 4.79 Å². The van der Waals surface area contributed by atoms with Gasteiger partial charge in [0.15, 0.2) is 0 Å². The van der Waals surface area contributed by atoms with Crippen LogP contribution in [0.5, 0.6) is 0 Å². The van der Waals surface area contributed by atoms with Crippen molar-refractivity contribution in [2.24, 2.45) is 0 Å². The van der Waals surface area contributed by atoms with E-state index in [-0.39, 0.29) is 6.09 Å².